The zero-order valence-corrected chi connectivity index (χ0v) is 24.9. The fourth-order valence-corrected chi connectivity index (χ4v) is 5.44. The molecule has 234 valence electrons. The summed E-state index contributed by atoms with van der Waals surface area (Å²) in [5.41, 5.74) is 2.40. The number of halogens is 1. The maximum atomic E-state index is 14.0. The van der Waals surface area contributed by atoms with Gasteiger partial charge in [-0.25, -0.2) is 9.18 Å². The number of nitrogens with zero attached hydrogens (tertiary/aromatic N) is 2. The predicted octanol–water partition coefficient (Wildman–Crippen LogP) is 4.93. The first-order chi connectivity index (χ1) is 22.3. The minimum Gasteiger partial charge on any atom is -0.457 e. The maximum absolute atomic E-state index is 14.0. The van der Waals surface area contributed by atoms with Crippen molar-refractivity contribution >= 4 is 29.4 Å². The van der Waals surface area contributed by atoms with E-state index in [9.17, 15) is 23.6 Å². The summed E-state index contributed by atoms with van der Waals surface area (Å²) >= 11 is 0. The third-order valence-electron chi connectivity index (χ3n) is 7.87. The Balaban J connectivity index is 1.16. The number of likely N-dealkylation sites (tertiary alicyclic amines) is 1. The molecule has 3 N–H and O–H groups in total. The molecule has 46 heavy (non-hydrogen) atoms. The molecule has 4 aromatic rings. The molecule has 5 amide bonds. The first kappa shape index (κ1) is 30.3. The quantitative estimate of drug-likeness (QED) is 0.232. The van der Waals surface area contributed by atoms with Crippen LogP contribution in [-0.2, 0) is 17.9 Å². The van der Waals surface area contributed by atoms with Gasteiger partial charge in [-0.1, -0.05) is 48.5 Å². The van der Waals surface area contributed by atoms with Crippen LogP contribution in [0.4, 0.5) is 14.9 Å². The molecule has 0 spiro atoms. The largest absolute Gasteiger partial charge is 0.457 e. The predicted molar refractivity (Wildman–Crippen MR) is 169 cm³/mol. The second-order valence-electron chi connectivity index (χ2n) is 11.2. The van der Waals surface area contributed by atoms with E-state index in [1.807, 2.05) is 30.3 Å². The van der Waals surface area contributed by atoms with Gasteiger partial charge in [0.15, 0.2) is 0 Å². The summed E-state index contributed by atoms with van der Waals surface area (Å²) < 4.78 is 20.2. The Morgan fingerprint density at radius 2 is 1.59 bits per heavy atom. The highest BCUT2D eigenvalue weighted by atomic mass is 19.1. The van der Waals surface area contributed by atoms with Gasteiger partial charge in [-0.3, -0.25) is 14.4 Å². The number of nitrogens with one attached hydrogen (secondary N) is 3. The van der Waals surface area contributed by atoms with Gasteiger partial charge in [-0.05, 0) is 54.1 Å². The number of hydrogen-bond donors (Lipinski definition) is 3. The van der Waals surface area contributed by atoms with Gasteiger partial charge in [0.05, 0.1) is 18.3 Å². The number of urea groups is 1. The van der Waals surface area contributed by atoms with Crippen molar-refractivity contribution in [3.05, 3.63) is 125 Å². The number of carbonyl (C=O) groups excluding carboxylic acids is 4. The minimum atomic E-state index is -0.539. The lowest BCUT2D eigenvalue weighted by molar-refractivity contribution is -0.128. The summed E-state index contributed by atoms with van der Waals surface area (Å²) in [5, 5.41) is 8.30. The van der Waals surface area contributed by atoms with Crippen molar-refractivity contribution in [1.29, 1.82) is 0 Å². The van der Waals surface area contributed by atoms with Crippen LogP contribution in [0.15, 0.2) is 97.1 Å². The van der Waals surface area contributed by atoms with Crippen molar-refractivity contribution in [3.63, 3.8) is 0 Å². The second kappa shape index (κ2) is 13.5. The maximum Gasteiger partial charge on any atom is 0.317 e. The highest BCUT2D eigenvalue weighted by Crippen LogP contribution is 2.29. The molecule has 4 aromatic carbocycles. The number of benzene rings is 4. The van der Waals surface area contributed by atoms with Gasteiger partial charge < -0.3 is 30.5 Å². The summed E-state index contributed by atoms with van der Waals surface area (Å²) in [6.45, 7) is 2.21. The summed E-state index contributed by atoms with van der Waals surface area (Å²) in [4.78, 5) is 54.3. The fraction of sp³-hybridized carbons (Fsp3) is 0.200. The molecule has 2 fully saturated rings. The van der Waals surface area contributed by atoms with E-state index in [4.69, 9.17) is 4.74 Å². The van der Waals surface area contributed by atoms with Gasteiger partial charge in [-0.2, -0.15) is 0 Å². The molecule has 2 aliphatic heterocycles. The number of para-hydroxylation sites is 1. The van der Waals surface area contributed by atoms with Crippen LogP contribution in [0.5, 0.6) is 11.5 Å². The lowest BCUT2D eigenvalue weighted by atomic mass is 10.1. The van der Waals surface area contributed by atoms with Gasteiger partial charge in [0.2, 0.25) is 5.91 Å². The van der Waals surface area contributed by atoms with Crippen LogP contribution >= 0.6 is 0 Å². The topological polar surface area (TPSA) is 120 Å². The monoisotopic (exact) mass is 621 g/mol. The Hall–Kier alpha value is -5.71. The molecular formula is C35H32FN5O5. The van der Waals surface area contributed by atoms with Crippen LogP contribution in [0, 0.1) is 5.82 Å². The number of amides is 5. The van der Waals surface area contributed by atoms with Crippen LogP contribution < -0.4 is 20.7 Å². The Kier molecular flexibility index (Phi) is 8.91. The van der Waals surface area contributed by atoms with E-state index in [-0.39, 0.29) is 42.5 Å². The Morgan fingerprint density at radius 3 is 2.33 bits per heavy atom. The van der Waals surface area contributed by atoms with Crippen molar-refractivity contribution in [2.45, 2.75) is 25.6 Å². The van der Waals surface area contributed by atoms with E-state index in [1.54, 1.807) is 58.3 Å². The van der Waals surface area contributed by atoms with Crippen LogP contribution in [-0.4, -0.2) is 59.2 Å². The van der Waals surface area contributed by atoms with Gasteiger partial charge in [0, 0.05) is 49.3 Å². The Morgan fingerprint density at radius 1 is 0.848 bits per heavy atom. The standard InChI is InChI=1S/C35H32FN5O5/c36-29-8-4-5-9-30(29)39-33(43)24-12-14-28(15-13-24)46-31-18-25(10-11-26(31)21-40-17-16-37-35(40)45)34(44)38-27-19-32(42)41(22-27)20-23-6-2-1-3-7-23/h1-15,18,27H,16-17,19-22H2,(H,37,45)(H,38,44)(H,39,43). The molecule has 0 bridgehead atoms. The normalized spacial score (nSPS) is 15.9. The smallest absolute Gasteiger partial charge is 0.317 e. The molecule has 0 aromatic heterocycles. The minimum absolute atomic E-state index is 0.0246. The van der Waals surface area contributed by atoms with Gasteiger partial charge in [0.1, 0.15) is 17.3 Å². The lowest BCUT2D eigenvalue weighted by Crippen LogP contribution is -2.37. The number of ether oxygens (including phenoxy) is 1. The zero-order valence-electron chi connectivity index (χ0n) is 24.9. The molecular weight excluding hydrogens is 589 g/mol. The highest BCUT2D eigenvalue weighted by Gasteiger charge is 2.31. The average molecular weight is 622 g/mol. The molecule has 0 aliphatic carbocycles. The molecule has 11 heteroatoms. The van der Waals surface area contributed by atoms with Crippen molar-refractivity contribution in [3.8, 4) is 11.5 Å². The van der Waals surface area contributed by atoms with Crippen LogP contribution in [0.25, 0.3) is 0 Å². The van der Waals surface area contributed by atoms with Crippen molar-refractivity contribution in [1.82, 2.24) is 20.4 Å². The third-order valence-corrected chi connectivity index (χ3v) is 7.87. The van der Waals surface area contributed by atoms with Crippen molar-refractivity contribution < 1.29 is 28.3 Å². The Labute approximate surface area is 265 Å². The van der Waals surface area contributed by atoms with Gasteiger partial charge >= 0.3 is 6.03 Å². The van der Waals surface area contributed by atoms with Crippen molar-refractivity contribution in [2.24, 2.45) is 0 Å². The molecule has 6 rings (SSSR count). The highest BCUT2D eigenvalue weighted by molar-refractivity contribution is 6.04. The zero-order chi connectivity index (χ0) is 32.0. The van der Waals surface area contributed by atoms with Crippen LogP contribution in [0.2, 0.25) is 0 Å². The van der Waals surface area contributed by atoms with Crippen LogP contribution in [0.1, 0.15) is 38.3 Å². The molecule has 0 saturated carbocycles. The number of carbonyl (C=O) groups is 4. The summed E-state index contributed by atoms with van der Waals surface area (Å²) in [5.74, 6) is -0.640. The summed E-state index contributed by atoms with van der Waals surface area (Å²) in [6, 6.07) is 26.4. The molecule has 1 unspecified atom stereocenters. The van der Waals surface area contributed by atoms with E-state index in [2.05, 4.69) is 16.0 Å². The molecule has 10 nitrogen and oxygen atoms in total. The third kappa shape index (κ3) is 7.15. The van der Waals surface area contributed by atoms with E-state index >= 15 is 0 Å². The molecule has 1 atom stereocenters. The summed E-state index contributed by atoms with van der Waals surface area (Å²) in [6.07, 6.45) is 0.209. The van der Waals surface area contributed by atoms with Gasteiger partial charge in [0.25, 0.3) is 11.8 Å². The fourth-order valence-electron chi connectivity index (χ4n) is 5.44. The average Bonchev–Trinajstić information content (AvgIpc) is 3.62. The summed E-state index contributed by atoms with van der Waals surface area (Å²) in [7, 11) is 0. The second-order valence-corrected chi connectivity index (χ2v) is 11.2. The number of hydrogen-bond acceptors (Lipinski definition) is 5. The number of anilines is 1. The number of rotatable bonds is 10. The molecule has 2 saturated heterocycles. The van der Waals surface area contributed by atoms with E-state index in [1.165, 1.54) is 18.2 Å². The van der Waals surface area contributed by atoms with E-state index in [0.29, 0.717) is 54.4 Å². The van der Waals surface area contributed by atoms with Crippen molar-refractivity contribution in [2.75, 3.05) is 25.0 Å². The van der Waals surface area contributed by atoms with Gasteiger partial charge in [-0.15, -0.1) is 0 Å². The lowest BCUT2D eigenvalue weighted by Gasteiger charge is -2.19. The van der Waals surface area contributed by atoms with E-state index in [0.717, 1.165) is 5.56 Å². The molecule has 2 heterocycles. The first-order valence-electron chi connectivity index (χ1n) is 14.9. The van der Waals surface area contributed by atoms with E-state index < -0.39 is 11.7 Å². The molecule has 2 aliphatic rings. The molecule has 0 radical (unpaired) electrons. The van der Waals surface area contributed by atoms with Crippen LogP contribution in [0.3, 0.4) is 0 Å². The Bertz CT molecular complexity index is 1770. The SMILES string of the molecule is O=C(Nc1ccccc1F)c1ccc(Oc2cc(C(=O)NC3CC(=O)N(Cc4ccccc4)C3)ccc2CN2CCNC2=O)cc1. The first-order valence-corrected chi connectivity index (χ1v) is 14.9.